The maximum atomic E-state index is 12.3. The van der Waals surface area contributed by atoms with Crippen LogP contribution >= 0.6 is 0 Å². The fraction of sp³-hybridized carbons (Fsp3) is 0.316. The van der Waals surface area contributed by atoms with Crippen LogP contribution in [0.4, 0.5) is 5.82 Å². The number of para-hydroxylation sites is 2. The van der Waals surface area contributed by atoms with Crippen LogP contribution in [0.5, 0.6) is 0 Å². The molecule has 0 fully saturated rings. The number of aromatic amines is 1. The van der Waals surface area contributed by atoms with E-state index < -0.39 is 10.0 Å². The Morgan fingerprint density at radius 1 is 1.24 bits per heavy atom. The second-order valence-corrected chi connectivity index (χ2v) is 8.98. The molecule has 0 amide bonds. The number of imidazole rings is 1. The normalized spacial score (nSPS) is 15.6. The number of sulfonamides is 1. The van der Waals surface area contributed by atoms with Gasteiger partial charge in [0.15, 0.2) is 11.6 Å². The number of rotatable bonds is 6. The van der Waals surface area contributed by atoms with E-state index in [0.717, 1.165) is 16.6 Å². The van der Waals surface area contributed by atoms with Crippen molar-refractivity contribution in [3.63, 3.8) is 0 Å². The summed E-state index contributed by atoms with van der Waals surface area (Å²) in [5, 5.41) is 0. The van der Waals surface area contributed by atoms with Crippen molar-refractivity contribution in [3.05, 3.63) is 42.2 Å². The van der Waals surface area contributed by atoms with Gasteiger partial charge in [0.1, 0.15) is 5.69 Å². The molecule has 0 radical (unpaired) electrons. The fourth-order valence-corrected chi connectivity index (χ4v) is 4.78. The van der Waals surface area contributed by atoms with Gasteiger partial charge >= 0.3 is 0 Å². The highest BCUT2D eigenvalue weighted by Gasteiger charge is 2.25. The Morgan fingerprint density at radius 2 is 2.07 bits per heavy atom. The molecule has 5 N–H and O–H groups in total. The smallest absolute Gasteiger partial charge is 0.214 e. The first-order chi connectivity index (χ1) is 14.0. The quantitative estimate of drug-likeness (QED) is 0.552. The predicted octanol–water partition coefficient (Wildman–Crippen LogP) is 2.60. The van der Waals surface area contributed by atoms with Gasteiger partial charge in [-0.1, -0.05) is 18.2 Å². The number of anilines is 1. The molecule has 1 aliphatic heterocycles. The van der Waals surface area contributed by atoms with Crippen LogP contribution in [-0.2, 0) is 10.0 Å². The third kappa shape index (κ3) is 4.00. The number of benzene rings is 1. The molecule has 1 aliphatic rings. The number of hydrogen-bond acceptors (Lipinski definition) is 7. The number of nitrogen functional groups attached to an aromatic ring is 1. The molecule has 0 saturated heterocycles. The minimum Gasteiger partial charge on any atom is -0.382 e. The van der Waals surface area contributed by atoms with Crippen LogP contribution < -0.4 is 11.5 Å². The summed E-state index contributed by atoms with van der Waals surface area (Å²) >= 11 is 0. The van der Waals surface area contributed by atoms with E-state index in [1.54, 1.807) is 6.20 Å². The lowest BCUT2D eigenvalue weighted by Gasteiger charge is -2.25. The average molecular weight is 424 g/mol. The predicted molar refractivity (Wildman–Crippen MR) is 124 cm³/mol. The standard InChI is InChI=1S/C19H23N7O2S.5H2/c20-8-3-11-29(27,28)26-9-6-13(7-10-26)16-12-22-18(21)17(23-16)19-24-14-4-1-2-5-15(14)25-19;;;;;/h1-2,4-6,12H,3,7-11,20H2,(H2,21,22)(H,24,25);5*1H. The molecule has 2 aromatic heterocycles. The van der Waals surface area contributed by atoms with Gasteiger partial charge in [0.25, 0.3) is 0 Å². The molecule has 29 heavy (non-hydrogen) atoms. The van der Waals surface area contributed by atoms with Gasteiger partial charge < -0.3 is 16.5 Å². The Hall–Kier alpha value is -2.82. The van der Waals surface area contributed by atoms with Crippen molar-refractivity contribution in [3.8, 4) is 11.5 Å². The molecule has 9 nitrogen and oxygen atoms in total. The lowest BCUT2D eigenvalue weighted by atomic mass is 10.1. The van der Waals surface area contributed by atoms with Gasteiger partial charge in [0.05, 0.1) is 28.7 Å². The first kappa shape index (κ1) is 19.5. The van der Waals surface area contributed by atoms with Crippen molar-refractivity contribution in [1.82, 2.24) is 24.2 Å². The van der Waals surface area contributed by atoms with Gasteiger partial charge in [-0.25, -0.2) is 23.4 Å². The number of nitrogens with two attached hydrogens (primary N) is 2. The Kier molecular flexibility index (Phi) is 5.31. The lowest BCUT2D eigenvalue weighted by Crippen LogP contribution is -2.36. The maximum absolute atomic E-state index is 12.3. The zero-order chi connectivity index (χ0) is 20.4. The highest BCUT2D eigenvalue weighted by molar-refractivity contribution is 7.89. The van der Waals surface area contributed by atoms with Gasteiger partial charge in [0, 0.05) is 20.2 Å². The Morgan fingerprint density at radius 3 is 2.79 bits per heavy atom. The molecule has 1 aromatic carbocycles. The van der Waals surface area contributed by atoms with E-state index in [-0.39, 0.29) is 18.7 Å². The maximum Gasteiger partial charge on any atom is 0.214 e. The highest BCUT2D eigenvalue weighted by Crippen LogP contribution is 2.27. The van der Waals surface area contributed by atoms with Gasteiger partial charge in [-0.2, -0.15) is 4.31 Å². The molecule has 3 aromatic rings. The van der Waals surface area contributed by atoms with E-state index in [1.807, 2.05) is 30.3 Å². The van der Waals surface area contributed by atoms with Crippen molar-refractivity contribution in [2.45, 2.75) is 12.8 Å². The summed E-state index contributed by atoms with van der Waals surface area (Å²) in [7, 11) is -3.29. The van der Waals surface area contributed by atoms with Crippen LogP contribution in [-0.4, -0.2) is 58.0 Å². The number of nitrogens with one attached hydrogen (secondary N) is 1. The van der Waals surface area contributed by atoms with Crippen LogP contribution in [0.2, 0.25) is 0 Å². The van der Waals surface area contributed by atoms with E-state index in [2.05, 4.69) is 19.9 Å². The molecular formula is C19H33N7O2S. The van der Waals surface area contributed by atoms with E-state index in [9.17, 15) is 8.42 Å². The summed E-state index contributed by atoms with van der Waals surface area (Å²) in [6, 6.07) is 7.68. The van der Waals surface area contributed by atoms with Crippen LogP contribution in [0.15, 0.2) is 36.5 Å². The molecule has 3 heterocycles. The first-order valence-electron chi connectivity index (χ1n) is 9.43. The minimum atomic E-state index is -3.29. The van der Waals surface area contributed by atoms with E-state index in [4.69, 9.17) is 11.5 Å². The molecule has 0 atom stereocenters. The van der Waals surface area contributed by atoms with Crippen molar-refractivity contribution >= 4 is 32.4 Å². The monoisotopic (exact) mass is 423 g/mol. The highest BCUT2D eigenvalue weighted by atomic mass is 32.2. The molecule has 0 saturated carbocycles. The van der Waals surface area contributed by atoms with Gasteiger partial charge in [-0.15, -0.1) is 0 Å². The van der Waals surface area contributed by atoms with E-state index >= 15 is 0 Å². The second kappa shape index (κ2) is 7.90. The van der Waals surface area contributed by atoms with Crippen LogP contribution in [0.25, 0.3) is 28.1 Å². The molecule has 0 unspecified atom stereocenters. The van der Waals surface area contributed by atoms with Crippen molar-refractivity contribution < 1.29 is 15.6 Å². The number of H-pyrrole nitrogens is 1. The summed E-state index contributed by atoms with van der Waals surface area (Å²) in [6.07, 6.45) is 4.51. The topological polar surface area (TPSA) is 144 Å². The van der Waals surface area contributed by atoms with E-state index in [1.165, 1.54) is 4.31 Å². The number of nitrogens with zero attached hydrogens (tertiary/aromatic N) is 4. The summed E-state index contributed by atoms with van der Waals surface area (Å²) in [4.78, 5) is 16.7. The van der Waals surface area contributed by atoms with Gasteiger partial charge in [-0.05, 0) is 37.1 Å². The zero-order valence-corrected chi connectivity index (χ0v) is 16.7. The Balaban J connectivity index is 0. The second-order valence-electron chi connectivity index (χ2n) is 6.89. The number of fused-ring (bicyclic) bond motifs is 1. The molecule has 4 rings (SSSR count). The van der Waals surface area contributed by atoms with Crippen molar-refractivity contribution in [2.75, 3.05) is 31.1 Å². The summed E-state index contributed by atoms with van der Waals surface area (Å²) in [6.45, 7) is 1.08. The number of aromatic nitrogens is 4. The minimum absolute atomic E-state index is 0. The third-order valence-electron chi connectivity index (χ3n) is 4.92. The van der Waals surface area contributed by atoms with Crippen LogP contribution in [0.3, 0.4) is 0 Å². The summed E-state index contributed by atoms with van der Waals surface area (Å²) in [5.41, 5.74) is 15.3. The molecule has 0 bridgehead atoms. The van der Waals surface area contributed by atoms with Gasteiger partial charge in [-0.3, -0.25) is 0 Å². The Bertz CT molecular complexity index is 1160. The molecule has 0 spiro atoms. The van der Waals surface area contributed by atoms with Gasteiger partial charge in [0.2, 0.25) is 10.0 Å². The van der Waals surface area contributed by atoms with E-state index in [0.29, 0.717) is 49.7 Å². The average Bonchev–Trinajstić information content (AvgIpc) is 3.17. The third-order valence-corrected chi connectivity index (χ3v) is 6.84. The molecule has 10 heteroatoms. The molecular weight excluding hydrogens is 390 g/mol. The SMILES string of the molecule is NCCCS(=O)(=O)N1CC=C(c2cnc(N)c(-c3nc4ccccc4[nH]3)n2)CC1.[HH].[HH].[HH].[HH].[HH]. The summed E-state index contributed by atoms with van der Waals surface area (Å²) < 4.78 is 26.2. The zero-order valence-electron chi connectivity index (χ0n) is 15.9. The number of hydrogen-bond donors (Lipinski definition) is 3. The lowest BCUT2D eigenvalue weighted by molar-refractivity contribution is 0.440. The van der Waals surface area contributed by atoms with Crippen molar-refractivity contribution in [1.29, 1.82) is 0 Å². The first-order valence-corrected chi connectivity index (χ1v) is 11.0. The fourth-order valence-electron chi connectivity index (χ4n) is 3.32. The van der Waals surface area contributed by atoms with Crippen LogP contribution in [0, 0.1) is 0 Å². The Labute approximate surface area is 176 Å². The van der Waals surface area contributed by atoms with Crippen molar-refractivity contribution in [2.24, 2.45) is 5.73 Å². The summed E-state index contributed by atoms with van der Waals surface area (Å²) in [5.74, 6) is 0.917. The largest absolute Gasteiger partial charge is 0.382 e. The van der Waals surface area contributed by atoms with Crippen LogP contribution in [0.1, 0.15) is 25.7 Å². The molecule has 0 aliphatic carbocycles. The molecule has 162 valence electrons.